The Morgan fingerprint density at radius 3 is 2.46 bits per heavy atom. The Morgan fingerprint density at radius 2 is 1.86 bits per heavy atom. The normalized spacial score (nSPS) is 27.6. The van der Waals surface area contributed by atoms with Crippen LogP contribution in [0.2, 0.25) is 0 Å². The summed E-state index contributed by atoms with van der Waals surface area (Å²) in [5.41, 5.74) is 0.748. The summed E-state index contributed by atoms with van der Waals surface area (Å²) in [6.07, 6.45) is 4.00. The zero-order valence-electron chi connectivity index (χ0n) is 17.9. The van der Waals surface area contributed by atoms with Gasteiger partial charge in [-0.2, -0.15) is 0 Å². The van der Waals surface area contributed by atoms with Gasteiger partial charge in [-0.3, -0.25) is 9.69 Å². The van der Waals surface area contributed by atoms with Crippen molar-refractivity contribution in [2.75, 3.05) is 32.8 Å². The molecule has 0 aliphatic carbocycles. The highest BCUT2D eigenvalue weighted by Gasteiger charge is 2.29. The van der Waals surface area contributed by atoms with Crippen molar-refractivity contribution >= 4 is 5.78 Å². The fourth-order valence-electron chi connectivity index (χ4n) is 4.44. The molecule has 0 bridgehead atoms. The van der Waals surface area contributed by atoms with Crippen LogP contribution in [-0.4, -0.2) is 72.7 Å². The van der Waals surface area contributed by atoms with Gasteiger partial charge < -0.3 is 14.4 Å². The van der Waals surface area contributed by atoms with Gasteiger partial charge in [0, 0.05) is 31.2 Å². The van der Waals surface area contributed by atoms with Crippen molar-refractivity contribution in [2.45, 2.75) is 71.2 Å². The Labute approximate surface area is 170 Å². The summed E-state index contributed by atoms with van der Waals surface area (Å²) in [6.45, 7) is 13.1. The molecular weight excluding hydrogens is 352 g/mol. The number of Topliss-reactive ketones (excluding diaryl/α,β-unsaturated/α-hetero) is 1. The second-order valence-corrected chi connectivity index (χ2v) is 8.51. The summed E-state index contributed by atoms with van der Waals surface area (Å²) in [4.78, 5) is 17.6. The lowest BCUT2D eigenvalue weighted by Gasteiger charge is -2.38. The van der Waals surface area contributed by atoms with Crippen LogP contribution in [0.4, 0.5) is 0 Å². The molecule has 5 heteroatoms. The van der Waals surface area contributed by atoms with Crippen LogP contribution in [0.25, 0.3) is 0 Å². The number of carbonyl (C=O) groups excluding carboxylic acids is 1. The van der Waals surface area contributed by atoms with Crippen molar-refractivity contribution in [1.82, 2.24) is 9.80 Å². The Bertz CT molecular complexity index is 623. The minimum absolute atomic E-state index is 0.136. The molecule has 2 saturated heterocycles. The van der Waals surface area contributed by atoms with Crippen LogP contribution in [0.5, 0.6) is 5.75 Å². The third-order valence-corrected chi connectivity index (χ3v) is 6.06. The van der Waals surface area contributed by atoms with Gasteiger partial charge in [0.25, 0.3) is 0 Å². The molecule has 1 aromatic rings. The quantitative estimate of drug-likeness (QED) is 0.503. The third kappa shape index (κ3) is 5.56. The minimum Gasteiger partial charge on any atom is -0.494 e. The lowest BCUT2D eigenvalue weighted by atomic mass is 10.0. The second-order valence-electron chi connectivity index (χ2n) is 8.51. The molecule has 2 fully saturated rings. The predicted molar refractivity (Wildman–Crippen MR) is 112 cm³/mol. The summed E-state index contributed by atoms with van der Waals surface area (Å²) in [6, 6.07) is 8.20. The molecule has 5 nitrogen and oxygen atoms in total. The van der Waals surface area contributed by atoms with Crippen LogP contribution in [0.15, 0.2) is 24.3 Å². The van der Waals surface area contributed by atoms with Gasteiger partial charge in [0.2, 0.25) is 0 Å². The highest BCUT2D eigenvalue weighted by Crippen LogP contribution is 2.19. The topological polar surface area (TPSA) is 42.0 Å². The van der Waals surface area contributed by atoms with Crippen molar-refractivity contribution in [1.29, 1.82) is 0 Å². The monoisotopic (exact) mass is 388 g/mol. The van der Waals surface area contributed by atoms with Gasteiger partial charge in [-0.15, -0.1) is 0 Å². The number of hydrogen-bond donors (Lipinski definition) is 0. The van der Waals surface area contributed by atoms with Crippen LogP contribution in [-0.2, 0) is 4.74 Å². The number of nitrogens with zero attached hydrogens (tertiary/aromatic N) is 2. The molecule has 0 N–H and O–H groups in total. The first-order valence-corrected chi connectivity index (χ1v) is 10.8. The van der Waals surface area contributed by atoms with E-state index in [2.05, 4.69) is 30.6 Å². The molecule has 3 rings (SSSR count). The number of ketones is 1. The lowest BCUT2D eigenvalue weighted by Crippen LogP contribution is -2.51. The number of carbonyl (C=O) groups is 1. The van der Waals surface area contributed by atoms with E-state index in [-0.39, 0.29) is 24.0 Å². The maximum atomic E-state index is 12.9. The van der Waals surface area contributed by atoms with Crippen molar-refractivity contribution < 1.29 is 14.3 Å². The van der Waals surface area contributed by atoms with Gasteiger partial charge in [0.05, 0.1) is 24.9 Å². The highest BCUT2D eigenvalue weighted by atomic mass is 16.5. The first-order chi connectivity index (χ1) is 13.4. The van der Waals surface area contributed by atoms with E-state index in [9.17, 15) is 4.79 Å². The molecular formula is C23H36N2O3. The van der Waals surface area contributed by atoms with Gasteiger partial charge in [-0.1, -0.05) is 0 Å². The van der Waals surface area contributed by atoms with E-state index < -0.39 is 0 Å². The maximum absolute atomic E-state index is 12.9. The van der Waals surface area contributed by atoms with Crippen molar-refractivity contribution in [3.8, 4) is 5.75 Å². The number of rotatable bonds is 8. The minimum atomic E-state index is -0.136. The molecule has 1 unspecified atom stereocenters. The summed E-state index contributed by atoms with van der Waals surface area (Å²) < 4.78 is 11.7. The van der Waals surface area contributed by atoms with Gasteiger partial charge in [-0.05, 0) is 77.8 Å². The van der Waals surface area contributed by atoms with E-state index in [0.29, 0.717) is 6.04 Å². The summed E-state index contributed by atoms with van der Waals surface area (Å²) in [5, 5.41) is 0. The van der Waals surface area contributed by atoms with E-state index in [1.54, 1.807) is 0 Å². The molecule has 2 aliphatic heterocycles. The third-order valence-electron chi connectivity index (χ3n) is 6.06. The summed E-state index contributed by atoms with van der Waals surface area (Å²) in [7, 11) is 0. The first kappa shape index (κ1) is 21.3. The molecule has 0 saturated carbocycles. The second kappa shape index (κ2) is 9.86. The van der Waals surface area contributed by atoms with E-state index in [4.69, 9.17) is 9.47 Å². The van der Waals surface area contributed by atoms with Gasteiger partial charge >= 0.3 is 0 Å². The Kier molecular flexibility index (Phi) is 7.49. The lowest BCUT2D eigenvalue weighted by molar-refractivity contribution is -0.0744. The number of ether oxygens (including phenoxy) is 2. The predicted octanol–water partition coefficient (Wildman–Crippen LogP) is 3.62. The summed E-state index contributed by atoms with van der Waals surface area (Å²) in [5.74, 6) is 1.00. The number of benzene rings is 1. The molecule has 0 radical (unpaired) electrons. The van der Waals surface area contributed by atoms with Crippen molar-refractivity contribution in [2.24, 2.45) is 0 Å². The zero-order chi connectivity index (χ0) is 20.1. The number of hydrogen-bond acceptors (Lipinski definition) is 5. The van der Waals surface area contributed by atoms with Crippen molar-refractivity contribution in [3.63, 3.8) is 0 Å². The molecule has 2 aliphatic rings. The SMILES string of the molecule is CC(C(=O)c1ccc(OCCCN2CCC[C@H]2C)cc1)N1C[C@@H](C)O[C@@H](C)C1. The molecule has 0 spiro atoms. The number of likely N-dealkylation sites (tertiary alicyclic amines) is 1. The molecule has 2 heterocycles. The molecule has 0 amide bonds. The largest absolute Gasteiger partial charge is 0.494 e. The molecule has 4 atom stereocenters. The summed E-state index contributed by atoms with van der Waals surface area (Å²) >= 11 is 0. The zero-order valence-corrected chi connectivity index (χ0v) is 17.9. The highest BCUT2D eigenvalue weighted by molar-refractivity contribution is 5.99. The van der Waals surface area contributed by atoms with E-state index in [1.807, 2.05) is 31.2 Å². The first-order valence-electron chi connectivity index (χ1n) is 10.8. The average Bonchev–Trinajstić information content (AvgIpc) is 3.08. The molecule has 1 aromatic carbocycles. The van der Waals surface area contributed by atoms with Crippen molar-refractivity contribution in [3.05, 3.63) is 29.8 Å². The van der Waals surface area contributed by atoms with Gasteiger partial charge in [0.1, 0.15) is 5.75 Å². The number of morpholine rings is 1. The standard InChI is InChI=1S/C23H36N2O3/c1-17-7-5-12-24(17)13-6-14-27-22-10-8-21(9-11-22)23(26)20(4)25-15-18(2)28-19(3)16-25/h8-11,17-20H,5-7,12-16H2,1-4H3/t17-,18-,19+,20?/m1/s1. The molecule has 28 heavy (non-hydrogen) atoms. The Hall–Kier alpha value is -1.43. The van der Waals surface area contributed by atoms with E-state index in [1.165, 1.54) is 19.4 Å². The Balaban J connectivity index is 1.45. The molecule has 156 valence electrons. The smallest absolute Gasteiger partial charge is 0.179 e. The van der Waals surface area contributed by atoms with Crippen LogP contribution < -0.4 is 4.74 Å². The van der Waals surface area contributed by atoms with Crippen LogP contribution >= 0.6 is 0 Å². The van der Waals surface area contributed by atoms with Gasteiger partial charge in [0.15, 0.2) is 5.78 Å². The van der Waals surface area contributed by atoms with Gasteiger partial charge in [-0.25, -0.2) is 0 Å². The molecule has 0 aromatic heterocycles. The van der Waals surface area contributed by atoms with Crippen LogP contribution in [0, 0.1) is 0 Å². The fourth-order valence-corrected chi connectivity index (χ4v) is 4.44. The van der Waals surface area contributed by atoms with Crippen LogP contribution in [0.3, 0.4) is 0 Å². The fraction of sp³-hybridized carbons (Fsp3) is 0.696. The average molecular weight is 389 g/mol. The van der Waals surface area contributed by atoms with Crippen LogP contribution in [0.1, 0.15) is 57.3 Å². The Morgan fingerprint density at radius 1 is 1.18 bits per heavy atom. The van der Waals surface area contributed by atoms with E-state index >= 15 is 0 Å². The maximum Gasteiger partial charge on any atom is 0.179 e. The van der Waals surface area contributed by atoms with E-state index in [0.717, 1.165) is 44.0 Å².